The van der Waals surface area contributed by atoms with Crippen molar-refractivity contribution >= 4 is 17.0 Å². The quantitative estimate of drug-likeness (QED) is 0.448. The van der Waals surface area contributed by atoms with Crippen LogP contribution < -0.4 is 0 Å². The molecule has 1 aliphatic rings. The van der Waals surface area contributed by atoms with Crippen molar-refractivity contribution in [2.75, 3.05) is 13.7 Å². The van der Waals surface area contributed by atoms with Crippen molar-refractivity contribution in [3.05, 3.63) is 65.7 Å². The highest BCUT2D eigenvalue weighted by Gasteiger charge is 2.37. The highest BCUT2D eigenvalue weighted by molar-refractivity contribution is 5.85. The van der Waals surface area contributed by atoms with Crippen LogP contribution in [0, 0.1) is 6.92 Å². The normalized spacial score (nSPS) is 17.7. The van der Waals surface area contributed by atoms with Gasteiger partial charge in [0, 0.05) is 24.6 Å². The molecular formula is C28H34N2O3. The Kier molecular flexibility index (Phi) is 6.71. The van der Waals surface area contributed by atoms with Crippen LogP contribution in [0.5, 0.6) is 0 Å². The lowest BCUT2D eigenvalue weighted by molar-refractivity contribution is -0.0287. The van der Waals surface area contributed by atoms with E-state index in [0.29, 0.717) is 6.54 Å². The van der Waals surface area contributed by atoms with E-state index in [4.69, 9.17) is 14.5 Å². The maximum absolute atomic E-state index is 13.1. The molecule has 0 radical (unpaired) electrons. The smallest absolute Gasteiger partial charge is 0.410 e. The number of methoxy groups -OCH3 is 1. The number of carbonyl (C=O) groups excluding carboxylic acids is 1. The Morgan fingerprint density at radius 1 is 1.09 bits per heavy atom. The molecule has 174 valence electrons. The summed E-state index contributed by atoms with van der Waals surface area (Å²) in [7, 11) is 1.73. The van der Waals surface area contributed by atoms with Crippen molar-refractivity contribution in [1.29, 1.82) is 0 Å². The van der Waals surface area contributed by atoms with E-state index in [1.807, 2.05) is 43.9 Å². The van der Waals surface area contributed by atoms with Crippen LogP contribution in [-0.4, -0.2) is 41.3 Å². The Morgan fingerprint density at radius 3 is 2.52 bits per heavy atom. The van der Waals surface area contributed by atoms with Crippen LogP contribution in [0.1, 0.15) is 57.3 Å². The highest BCUT2D eigenvalue weighted by atomic mass is 16.6. The molecule has 1 saturated heterocycles. The molecule has 1 aliphatic heterocycles. The zero-order valence-electron chi connectivity index (χ0n) is 20.3. The summed E-state index contributed by atoms with van der Waals surface area (Å²) in [6, 6.07) is 18.6. The number of benzene rings is 2. The van der Waals surface area contributed by atoms with Gasteiger partial charge >= 0.3 is 6.09 Å². The first-order valence-corrected chi connectivity index (χ1v) is 11.8. The van der Waals surface area contributed by atoms with Gasteiger partial charge in [-0.05, 0) is 64.7 Å². The van der Waals surface area contributed by atoms with Crippen molar-refractivity contribution < 1.29 is 14.3 Å². The largest absolute Gasteiger partial charge is 0.444 e. The lowest BCUT2D eigenvalue weighted by Crippen LogP contribution is -2.49. The third-order valence-electron chi connectivity index (χ3n) is 6.18. The van der Waals surface area contributed by atoms with Crippen LogP contribution in [0.3, 0.4) is 0 Å². The number of amides is 1. The van der Waals surface area contributed by atoms with E-state index in [-0.39, 0.29) is 18.2 Å². The molecule has 3 aromatic rings. The predicted molar refractivity (Wildman–Crippen MR) is 132 cm³/mol. The second-order valence-electron chi connectivity index (χ2n) is 9.87. The zero-order chi connectivity index (χ0) is 23.6. The maximum Gasteiger partial charge on any atom is 0.410 e. The monoisotopic (exact) mass is 446 g/mol. The number of aryl methyl sites for hydroxylation is 1. The Bertz CT molecular complexity index is 1120. The number of fused-ring (bicyclic) bond motifs is 1. The van der Waals surface area contributed by atoms with Crippen molar-refractivity contribution in [2.24, 2.45) is 0 Å². The minimum atomic E-state index is -0.538. The number of nitrogens with zero attached hydrogens (tertiary/aromatic N) is 2. The molecule has 0 saturated carbocycles. The molecule has 0 bridgehead atoms. The lowest BCUT2D eigenvalue weighted by atomic mass is 9.90. The molecule has 1 aromatic heterocycles. The van der Waals surface area contributed by atoms with Crippen molar-refractivity contribution in [1.82, 2.24) is 9.88 Å². The number of hydrogen-bond acceptors (Lipinski definition) is 4. The van der Waals surface area contributed by atoms with Gasteiger partial charge in [0.05, 0.1) is 17.3 Å². The van der Waals surface area contributed by atoms with E-state index in [1.54, 1.807) is 7.11 Å². The molecule has 33 heavy (non-hydrogen) atoms. The van der Waals surface area contributed by atoms with E-state index in [2.05, 4.69) is 43.3 Å². The van der Waals surface area contributed by atoms with Crippen LogP contribution in [0.25, 0.3) is 22.2 Å². The number of aromatic nitrogens is 1. The summed E-state index contributed by atoms with van der Waals surface area (Å²) in [5.41, 5.74) is 4.63. The molecule has 5 nitrogen and oxygen atoms in total. The third kappa shape index (κ3) is 5.19. The number of piperidine rings is 1. The Hall–Kier alpha value is -2.92. The van der Waals surface area contributed by atoms with Crippen LogP contribution >= 0.6 is 0 Å². The Labute approximate surface area is 196 Å². The minimum Gasteiger partial charge on any atom is -0.444 e. The van der Waals surface area contributed by atoms with Gasteiger partial charge < -0.3 is 14.4 Å². The molecule has 0 spiro atoms. The van der Waals surface area contributed by atoms with E-state index >= 15 is 0 Å². The highest BCUT2D eigenvalue weighted by Crippen LogP contribution is 2.37. The molecule has 0 aliphatic carbocycles. The zero-order valence-corrected chi connectivity index (χ0v) is 20.3. The second-order valence-corrected chi connectivity index (χ2v) is 9.87. The fraction of sp³-hybridized carbons (Fsp3) is 0.429. The molecule has 2 atom stereocenters. The number of carbonyl (C=O) groups is 1. The van der Waals surface area contributed by atoms with Gasteiger partial charge in [0.1, 0.15) is 11.7 Å². The fourth-order valence-electron chi connectivity index (χ4n) is 4.62. The van der Waals surface area contributed by atoms with Gasteiger partial charge in [-0.1, -0.05) is 48.0 Å². The number of pyridine rings is 1. The van der Waals surface area contributed by atoms with Gasteiger partial charge in [0.2, 0.25) is 0 Å². The lowest BCUT2D eigenvalue weighted by Gasteiger charge is -2.40. The van der Waals surface area contributed by atoms with Gasteiger partial charge in [0.15, 0.2) is 0 Å². The van der Waals surface area contributed by atoms with Crippen LogP contribution in [0.4, 0.5) is 4.79 Å². The van der Waals surface area contributed by atoms with E-state index < -0.39 is 5.60 Å². The summed E-state index contributed by atoms with van der Waals surface area (Å²) in [5, 5.41) is 1.05. The van der Waals surface area contributed by atoms with Crippen molar-refractivity contribution in [2.45, 2.75) is 64.7 Å². The average molecular weight is 447 g/mol. The average Bonchev–Trinajstić information content (AvgIpc) is 2.79. The van der Waals surface area contributed by atoms with Crippen molar-refractivity contribution in [3.63, 3.8) is 0 Å². The maximum atomic E-state index is 13.1. The first-order valence-electron chi connectivity index (χ1n) is 11.8. The molecule has 2 aromatic carbocycles. The summed E-state index contributed by atoms with van der Waals surface area (Å²) in [6.07, 6.45) is 2.34. The topological polar surface area (TPSA) is 51.7 Å². The van der Waals surface area contributed by atoms with Gasteiger partial charge in [0.25, 0.3) is 0 Å². The summed E-state index contributed by atoms with van der Waals surface area (Å²) in [6.45, 7) is 8.47. The number of likely N-dealkylation sites (tertiary alicyclic amines) is 1. The predicted octanol–water partition coefficient (Wildman–Crippen LogP) is 6.69. The number of hydrogen-bond donors (Lipinski definition) is 0. The SMILES string of the molecule is COC(c1cc(-c2ccc(C)cc2)nc2ccccc12)C1CCCCN1C(=O)OC(C)(C)C. The summed E-state index contributed by atoms with van der Waals surface area (Å²) < 4.78 is 11.9. The van der Waals surface area contributed by atoms with E-state index in [1.165, 1.54) is 5.56 Å². The number of para-hydroxylation sites is 1. The third-order valence-corrected chi connectivity index (χ3v) is 6.18. The van der Waals surface area contributed by atoms with E-state index in [9.17, 15) is 4.79 Å². The summed E-state index contributed by atoms with van der Waals surface area (Å²) in [5.74, 6) is 0. The van der Waals surface area contributed by atoms with Gasteiger partial charge in [-0.2, -0.15) is 0 Å². The van der Waals surface area contributed by atoms with Crippen LogP contribution in [-0.2, 0) is 9.47 Å². The number of rotatable bonds is 4. The molecule has 1 fully saturated rings. The second kappa shape index (κ2) is 9.52. The molecule has 2 unspecified atom stereocenters. The van der Waals surface area contributed by atoms with Gasteiger partial charge in [-0.3, -0.25) is 0 Å². The Morgan fingerprint density at radius 2 is 1.82 bits per heavy atom. The molecule has 4 rings (SSSR count). The Balaban J connectivity index is 1.79. The molecular weight excluding hydrogens is 412 g/mol. The summed E-state index contributed by atoms with van der Waals surface area (Å²) >= 11 is 0. The summed E-state index contributed by atoms with van der Waals surface area (Å²) in [4.78, 5) is 19.9. The van der Waals surface area contributed by atoms with Crippen molar-refractivity contribution in [3.8, 4) is 11.3 Å². The van der Waals surface area contributed by atoms with Crippen LogP contribution in [0.2, 0.25) is 0 Å². The van der Waals surface area contributed by atoms with E-state index in [0.717, 1.165) is 47.0 Å². The first-order chi connectivity index (χ1) is 15.8. The standard InChI is InChI=1S/C28H34N2O3/c1-19-13-15-20(16-14-19)24-18-22(21-10-6-7-11-23(21)29-24)26(32-5)25-12-8-9-17-30(25)27(31)33-28(2,3)4/h6-7,10-11,13-16,18,25-26H,8-9,12,17H2,1-5H3. The molecule has 0 N–H and O–H groups in total. The van der Waals surface area contributed by atoms with Gasteiger partial charge in [-0.15, -0.1) is 0 Å². The molecule has 2 heterocycles. The van der Waals surface area contributed by atoms with Crippen LogP contribution in [0.15, 0.2) is 54.6 Å². The molecule has 5 heteroatoms. The number of ether oxygens (including phenoxy) is 2. The van der Waals surface area contributed by atoms with Gasteiger partial charge in [-0.25, -0.2) is 9.78 Å². The minimum absolute atomic E-state index is 0.102. The first kappa shape index (κ1) is 23.2. The molecule has 1 amide bonds. The fourth-order valence-corrected chi connectivity index (χ4v) is 4.62.